The fourth-order valence-corrected chi connectivity index (χ4v) is 4.38. The largest absolute Gasteiger partial charge is 0.365 e. The molecule has 0 aromatic heterocycles. The second-order valence-electron chi connectivity index (χ2n) is 5.12. The number of ether oxygens (including phenoxy) is 1. The van der Waals surface area contributed by atoms with Crippen LogP contribution in [-0.4, -0.2) is 32.1 Å². The lowest BCUT2D eigenvalue weighted by molar-refractivity contribution is -0.0276. The maximum Gasteiger partial charge on any atom is 0.245 e. The average molecular weight is 283 g/mol. The molecule has 0 radical (unpaired) electrons. The van der Waals surface area contributed by atoms with Crippen LogP contribution in [0.25, 0.3) is 0 Å². The molecule has 0 spiro atoms. The Labute approximate surface area is 115 Å². The van der Waals surface area contributed by atoms with Crippen LogP contribution < -0.4 is 0 Å². The second kappa shape index (κ2) is 5.61. The highest BCUT2D eigenvalue weighted by Crippen LogP contribution is 2.30. The first-order chi connectivity index (χ1) is 8.96. The molecule has 1 aromatic carbocycles. The maximum absolute atomic E-state index is 12.7. The molecule has 19 heavy (non-hydrogen) atoms. The van der Waals surface area contributed by atoms with E-state index in [2.05, 4.69) is 0 Å². The lowest BCUT2D eigenvalue weighted by atomic mass is 10.1. The van der Waals surface area contributed by atoms with E-state index in [0.717, 1.165) is 24.8 Å². The van der Waals surface area contributed by atoms with Crippen molar-refractivity contribution in [3.05, 3.63) is 29.8 Å². The first-order valence-corrected chi connectivity index (χ1v) is 8.04. The molecule has 0 aliphatic carbocycles. The lowest BCUT2D eigenvalue weighted by Crippen LogP contribution is -2.49. The Bertz CT molecular complexity index is 524. The zero-order chi connectivity index (χ0) is 14.0. The molecule has 5 heteroatoms. The molecule has 1 saturated heterocycles. The molecule has 106 valence electrons. The van der Waals surface area contributed by atoms with Gasteiger partial charge in [-0.25, -0.2) is 8.42 Å². The van der Waals surface area contributed by atoms with Crippen LogP contribution >= 0.6 is 0 Å². The smallest absolute Gasteiger partial charge is 0.245 e. The SMILES string of the molecule is COC1CCCC(C)N1S(=O)(=O)c1ccc(C)cc1. The number of benzene rings is 1. The highest BCUT2D eigenvalue weighted by Gasteiger charge is 2.37. The number of hydrogen-bond donors (Lipinski definition) is 0. The molecule has 1 heterocycles. The van der Waals surface area contributed by atoms with E-state index in [0.29, 0.717) is 4.90 Å². The van der Waals surface area contributed by atoms with Crippen LogP contribution in [0.2, 0.25) is 0 Å². The van der Waals surface area contributed by atoms with E-state index in [9.17, 15) is 8.42 Å². The zero-order valence-corrected chi connectivity index (χ0v) is 12.5. The molecule has 2 atom stereocenters. The van der Waals surface area contributed by atoms with Crippen molar-refractivity contribution < 1.29 is 13.2 Å². The molecule has 2 unspecified atom stereocenters. The number of hydrogen-bond acceptors (Lipinski definition) is 3. The predicted molar refractivity (Wildman–Crippen MR) is 74.3 cm³/mol. The molecule has 2 rings (SSSR count). The zero-order valence-electron chi connectivity index (χ0n) is 11.7. The van der Waals surface area contributed by atoms with Crippen LogP contribution in [0.1, 0.15) is 31.7 Å². The van der Waals surface area contributed by atoms with Gasteiger partial charge in [-0.15, -0.1) is 0 Å². The van der Waals surface area contributed by atoms with Gasteiger partial charge in [-0.1, -0.05) is 17.7 Å². The molecule has 0 N–H and O–H groups in total. The first-order valence-electron chi connectivity index (χ1n) is 6.60. The monoisotopic (exact) mass is 283 g/mol. The fourth-order valence-electron chi connectivity index (χ4n) is 2.57. The summed E-state index contributed by atoms with van der Waals surface area (Å²) in [4.78, 5) is 0.342. The predicted octanol–water partition coefficient (Wildman–Crippen LogP) is 2.53. The van der Waals surface area contributed by atoms with Gasteiger partial charge in [0, 0.05) is 13.2 Å². The molecule has 1 aliphatic heterocycles. The molecule has 1 fully saturated rings. The summed E-state index contributed by atoms with van der Waals surface area (Å²) >= 11 is 0. The molecule has 0 amide bonds. The Morgan fingerprint density at radius 2 is 1.84 bits per heavy atom. The summed E-state index contributed by atoms with van der Waals surface area (Å²) in [6.07, 6.45) is 2.28. The highest BCUT2D eigenvalue weighted by atomic mass is 32.2. The van der Waals surface area contributed by atoms with Crippen LogP contribution in [0.5, 0.6) is 0 Å². The van der Waals surface area contributed by atoms with Gasteiger partial charge in [-0.05, 0) is 45.2 Å². The average Bonchev–Trinajstić information content (AvgIpc) is 2.38. The van der Waals surface area contributed by atoms with Gasteiger partial charge in [0.05, 0.1) is 4.90 Å². The van der Waals surface area contributed by atoms with Crippen LogP contribution in [0, 0.1) is 6.92 Å². The number of piperidine rings is 1. The molecule has 4 nitrogen and oxygen atoms in total. The third-order valence-electron chi connectivity index (χ3n) is 3.66. The number of aryl methyl sites for hydroxylation is 1. The van der Waals surface area contributed by atoms with Crippen LogP contribution in [-0.2, 0) is 14.8 Å². The van der Waals surface area contributed by atoms with Gasteiger partial charge in [0.2, 0.25) is 10.0 Å². The first kappa shape index (κ1) is 14.5. The molecular weight excluding hydrogens is 262 g/mol. The van der Waals surface area contributed by atoms with Crippen LogP contribution in [0.15, 0.2) is 29.2 Å². The van der Waals surface area contributed by atoms with E-state index in [1.54, 1.807) is 19.2 Å². The summed E-state index contributed by atoms with van der Waals surface area (Å²) in [6.45, 7) is 3.88. The quantitative estimate of drug-likeness (QED) is 0.856. The number of nitrogens with zero attached hydrogens (tertiary/aromatic N) is 1. The molecule has 0 bridgehead atoms. The van der Waals surface area contributed by atoms with Crippen molar-refractivity contribution in [2.45, 2.75) is 50.3 Å². The maximum atomic E-state index is 12.7. The number of methoxy groups -OCH3 is 1. The van der Waals surface area contributed by atoms with E-state index in [-0.39, 0.29) is 12.3 Å². The summed E-state index contributed by atoms with van der Waals surface area (Å²) in [5.41, 5.74) is 1.05. The van der Waals surface area contributed by atoms with Gasteiger partial charge in [0.15, 0.2) is 0 Å². The van der Waals surface area contributed by atoms with Crippen molar-refractivity contribution in [3.63, 3.8) is 0 Å². The van der Waals surface area contributed by atoms with Crippen molar-refractivity contribution in [1.29, 1.82) is 0 Å². The minimum absolute atomic E-state index is 0.0231. The number of sulfonamides is 1. The molecular formula is C14H21NO3S. The van der Waals surface area contributed by atoms with E-state index < -0.39 is 10.0 Å². The number of rotatable bonds is 3. The standard InChI is InChI=1S/C14H21NO3S/c1-11-7-9-13(10-8-11)19(16,17)15-12(2)5-4-6-14(15)18-3/h7-10,12,14H,4-6H2,1-3H3. The van der Waals surface area contributed by atoms with E-state index in [1.807, 2.05) is 26.0 Å². The second-order valence-corrected chi connectivity index (χ2v) is 6.96. The van der Waals surface area contributed by atoms with Crippen molar-refractivity contribution in [2.75, 3.05) is 7.11 Å². The Morgan fingerprint density at radius 3 is 2.42 bits per heavy atom. The highest BCUT2D eigenvalue weighted by molar-refractivity contribution is 7.89. The fraction of sp³-hybridized carbons (Fsp3) is 0.571. The van der Waals surface area contributed by atoms with E-state index in [4.69, 9.17) is 4.74 Å². The van der Waals surface area contributed by atoms with Gasteiger partial charge < -0.3 is 4.74 Å². The van der Waals surface area contributed by atoms with Crippen molar-refractivity contribution in [1.82, 2.24) is 4.31 Å². The minimum atomic E-state index is -3.48. The third kappa shape index (κ3) is 2.83. The molecule has 1 aromatic rings. The Kier molecular flexibility index (Phi) is 4.28. The molecule has 0 saturated carbocycles. The summed E-state index contributed by atoms with van der Waals surface area (Å²) in [5.74, 6) is 0. The van der Waals surface area contributed by atoms with Gasteiger partial charge in [-0.2, -0.15) is 4.31 Å². The molecule has 1 aliphatic rings. The minimum Gasteiger partial charge on any atom is -0.365 e. The Hall–Kier alpha value is -0.910. The van der Waals surface area contributed by atoms with Crippen molar-refractivity contribution in [3.8, 4) is 0 Å². The van der Waals surface area contributed by atoms with Gasteiger partial charge in [0.1, 0.15) is 6.23 Å². The van der Waals surface area contributed by atoms with Crippen LogP contribution in [0.3, 0.4) is 0 Å². The Morgan fingerprint density at radius 1 is 1.21 bits per heavy atom. The summed E-state index contributed by atoms with van der Waals surface area (Å²) in [5, 5.41) is 0. The topological polar surface area (TPSA) is 46.6 Å². The Balaban J connectivity index is 2.38. The summed E-state index contributed by atoms with van der Waals surface area (Å²) < 4.78 is 32.3. The summed E-state index contributed by atoms with van der Waals surface area (Å²) in [6, 6.07) is 6.95. The van der Waals surface area contributed by atoms with Crippen molar-refractivity contribution in [2.24, 2.45) is 0 Å². The van der Waals surface area contributed by atoms with Gasteiger partial charge >= 0.3 is 0 Å². The normalized spacial score (nSPS) is 25.4. The summed E-state index contributed by atoms with van der Waals surface area (Å²) in [7, 11) is -1.91. The third-order valence-corrected chi connectivity index (χ3v) is 5.68. The van der Waals surface area contributed by atoms with Gasteiger partial charge in [-0.3, -0.25) is 0 Å². The van der Waals surface area contributed by atoms with Crippen molar-refractivity contribution >= 4 is 10.0 Å². The van der Waals surface area contributed by atoms with E-state index in [1.165, 1.54) is 4.31 Å². The van der Waals surface area contributed by atoms with Crippen LogP contribution in [0.4, 0.5) is 0 Å². The lowest BCUT2D eigenvalue weighted by Gasteiger charge is -2.38. The van der Waals surface area contributed by atoms with Gasteiger partial charge in [0.25, 0.3) is 0 Å². The van der Waals surface area contributed by atoms with E-state index >= 15 is 0 Å².